The summed E-state index contributed by atoms with van der Waals surface area (Å²) in [5.41, 5.74) is 6.70. The second kappa shape index (κ2) is 5.79. The smallest absolute Gasteiger partial charge is 0.262 e. The Kier molecular flexibility index (Phi) is 4.37. The Labute approximate surface area is 95.4 Å². The number of hydrogen-bond donors (Lipinski definition) is 2. The Morgan fingerprint density at radius 3 is 2.56 bits per heavy atom. The molecule has 0 heterocycles. The molecule has 0 bridgehead atoms. The van der Waals surface area contributed by atoms with Crippen molar-refractivity contribution >= 4 is 11.6 Å². The summed E-state index contributed by atoms with van der Waals surface area (Å²) in [6.07, 6.45) is 0. The largest absolute Gasteiger partial charge is 0.399 e. The van der Waals surface area contributed by atoms with E-state index in [0.717, 1.165) is 0 Å². The zero-order valence-corrected chi connectivity index (χ0v) is 9.45. The van der Waals surface area contributed by atoms with Crippen LogP contribution < -0.4 is 11.1 Å². The molecule has 0 unspecified atom stereocenters. The monoisotopic (exact) mass is 217 g/mol. The highest BCUT2D eigenvalue weighted by Gasteiger charge is 2.01. The van der Waals surface area contributed by atoms with Gasteiger partial charge in [0.25, 0.3) is 5.91 Å². The molecule has 0 aliphatic rings. The van der Waals surface area contributed by atoms with Gasteiger partial charge in [0.1, 0.15) is 0 Å². The van der Waals surface area contributed by atoms with Crippen LogP contribution in [-0.4, -0.2) is 31.4 Å². The van der Waals surface area contributed by atoms with E-state index in [4.69, 9.17) is 5.73 Å². The van der Waals surface area contributed by atoms with Gasteiger partial charge in [-0.25, -0.2) is 0 Å². The average Bonchev–Trinajstić information content (AvgIpc) is 2.25. The van der Waals surface area contributed by atoms with E-state index in [1.54, 1.807) is 24.3 Å². The summed E-state index contributed by atoms with van der Waals surface area (Å²) >= 11 is 0. The van der Waals surface area contributed by atoms with Gasteiger partial charge in [-0.3, -0.25) is 15.0 Å². The molecule has 84 valence electrons. The summed E-state index contributed by atoms with van der Waals surface area (Å²) in [4.78, 5) is 13.5. The van der Waals surface area contributed by atoms with E-state index < -0.39 is 0 Å². The minimum atomic E-state index is -0.216. The van der Waals surface area contributed by atoms with Gasteiger partial charge in [-0.1, -0.05) is 5.92 Å². The third-order valence-electron chi connectivity index (χ3n) is 1.83. The van der Waals surface area contributed by atoms with Crippen LogP contribution in [0.5, 0.6) is 0 Å². The maximum absolute atomic E-state index is 11.5. The van der Waals surface area contributed by atoms with Crippen molar-refractivity contribution < 1.29 is 4.79 Å². The number of nitrogens with one attached hydrogen (secondary N) is 1. The highest BCUT2D eigenvalue weighted by atomic mass is 16.1. The summed E-state index contributed by atoms with van der Waals surface area (Å²) in [6, 6.07) is 9.30. The third-order valence-corrected chi connectivity index (χ3v) is 1.83. The first-order valence-electron chi connectivity index (χ1n) is 4.88. The number of nitrogens with zero attached hydrogens (tertiary/aromatic N) is 1. The molecule has 4 heteroatoms. The molecule has 0 atom stereocenters. The molecule has 16 heavy (non-hydrogen) atoms. The summed E-state index contributed by atoms with van der Waals surface area (Å²) < 4.78 is 0. The first kappa shape index (κ1) is 12.1. The van der Waals surface area contributed by atoms with Crippen LogP contribution in [0.1, 0.15) is 10.4 Å². The highest BCUT2D eigenvalue weighted by Crippen LogP contribution is 2.04. The van der Waals surface area contributed by atoms with E-state index in [-0.39, 0.29) is 5.91 Å². The second-order valence-corrected chi connectivity index (χ2v) is 3.62. The van der Waals surface area contributed by atoms with Gasteiger partial charge in [0, 0.05) is 17.3 Å². The van der Waals surface area contributed by atoms with Crippen molar-refractivity contribution in [2.24, 2.45) is 0 Å². The normalized spacial score (nSPS) is 9.44. The molecule has 0 fully saturated rings. The van der Waals surface area contributed by atoms with Gasteiger partial charge in [-0.2, -0.15) is 0 Å². The zero-order valence-electron chi connectivity index (χ0n) is 9.45. The highest BCUT2D eigenvalue weighted by molar-refractivity contribution is 5.95. The molecule has 0 saturated carbocycles. The van der Waals surface area contributed by atoms with Gasteiger partial charge in [-0.05, 0) is 38.4 Å². The molecule has 1 amide bonds. The molecule has 4 nitrogen and oxygen atoms in total. The van der Waals surface area contributed by atoms with Gasteiger partial charge >= 0.3 is 0 Å². The Morgan fingerprint density at radius 2 is 2.00 bits per heavy atom. The molecule has 1 aromatic rings. The fraction of sp³-hybridized carbons (Fsp3) is 0.250. The topological polar surface area (TPSA) is 58.4 Å². The van der Waals surface area contributed by atoms with Crippen LogP contribution in [0.25, 0.3) is 0 Å². The van der Waals surface area contributed by atoms with Crippen molar-refractivity contribution in [3.8, 4) is 12.0 Å². The van der Waals surface area contributed by atoms with Crippen molar-refractivity contribution in [3.63, 3.8) is 0 Å². The van der Waals surface area contributed by atoms with Crippen LogP contribution in [0, 0.1) is 12.0 Å². The Balaban J connectivity index is 2.52. The fourth-order valence-corrected chi connectivity index (χ4v) is 1.01. The predicted molar refractivity (Wildman–Crippen MR) is 64.7 cm³/mol. The summed E-state index contributed by atoms with van der Waals surface area (Å²) in [5, 5.41) is 2.51. The quantitative estimate of drug-likeness (QED) is 0.431. The van der Waals surface area contributed by atoms with E-state index in [1.807, 2.05) is 19.0 Å². The first-order chi connectivity index (χ1) is 7.59. The molecule has 0 spiro atoms. The number of nitrogen functional groups attached to an aromatic ring is 1. The molecular formula is C12H15N3O. The van der Waals surface area contributed by atoms with E-state index in [9.17, 15) is 4.79 Å². The Bertz CT molecular complexity index is 412. The minimum absolute atomic E-state index is 0.216. The summed E-state index contributed by atoms with van der Waals surface area (Å²) in [5.74, 6) is 2.60. The molecule has 1 aromatic carbocycles. The lowest BCUT2D eigenvalue weighted by Gasteiger charge is -2.01. The number of hydrogen-bond acceptors (Lipinski definition) is 3. The van der Waals surface area contributed by atoms with Crippen molar-refractivity contribution in [1.29, 1.82) is 0 Å². The molecule has 0 aliphatic heterocycles. The van der Waals surface area contributed by atoms with E-state index in [0.29, 0.717) is 17.8 Å². The number of nitrogens with two attached hydrogens (primary N) is 1. The van der Waals surface area contributed by atoms with Crippen molar-refractivity contribution in [2.75, 3.05) is 26.4 Å². The number of benzene rings is 1. The Hall–Kier alpha value is -1.99. The van der Waals surface area contributed by atoms with E-state index in [2.05, 4.69) is 17.3 Å². The molecule has 1 rings (SSSR count). The lowest BCUT2D eigenvalue weighted by atomic mass is 10.2. The average molecular weight is 217 g/mol. The Morgan fingerprint density at radius 1 is 1.38 bits per heavy atom. The number of carbonyl (C=O) groups excluding carboxylic acids is 1. The molecule has 0 radical (unpaired) electrons. The van der Waals surface area contributed by atoms with Crippen molar-refractivity contribution in [2.45, 2.75) is 0 Å². The van der Waals surface area contributed by atoms with Crippen molar-refractivity contribution in [3.05, 3.63) is 29.8 Å². The van der Waals surface area contributed by atoms with Crippen LogP contribution in [0.3, 0.4) is 0 Å². The first-order valence-corrected chi connectivity index (χ1v) is 4.88. The van der Waals surface area contributed by atoms with Crippen LogP contribution in [0.15, 0.2) is 24.3 Å². The van der Waals surface area contributed by atoms with Crippen LogP contribution in [0.4, 0.5) is 5.69 Å². The SMILES string of the molecule is CN(C)CC#CNC(=O)c1ccc(N)cc1. The molecule has 0 aromatic heterocycles. The zero-order chi connectivity index (χ0) is 12.0. The van der Waals surface area contributed by atoms with Crippen LogP contribution in [0.2, 0.25) is 0 Å². The summed E-state index contributed by atoms with van der Waals surface area (Å²) in [6.45, 7) is 0.613. The minimum Gasteiger partial charge on any atom is -0.399 e. The van der Waals surface area contributed by atoms with Gasteiger partial charge in [-0.15, -0.1) is 0 Å². The van der Waals surface area contributed by atoms with Gasteiger partial charge in [0.2, 0.25) is 0 Å². The third kappa shape index (κ3) is 4.03. The standard InChI is InChI=1S/C12H15N3O/c1-15(2)9-3-8-14-12(16)10-4-6-11(13)7-5-10/h4-7H,9,13H2,1-2H3,(H,14,16). The summed E-state index contributed by atoms with van der Waals surface area (Å²) in [7, 11) is 3.83. The maximum Gasteiger partial charge on any atom is 0.262 e. The molecular weight excluding hydrogens is 202 g/mol. The number of amides is 1. The fourth-order valence-electron chi connectivity index (χ4n) is 1.01. The maximum atomic E-state index is 11.5. The van der Waals surface area contributed by atoms with Crippen LogP contribution in [-0.2, 0) is 0 Å². The lowest BCUT2D eigenvalue weighted by molar-refractivity contribution is 0.0973. The number of rotatable bonds is 2. The van der Waals surface area contributed by atoms with Gasteiger partial charge in [0.05, 0.1) is 6.54 Å². The molecule has 0 saturated heterocycles. The molecule has 0 aliphatic carbocycles. The van der Waals surface area contributed by atoms with Gasteiger partial charge < -0.3 is 5.73 Å². The predicted octanol–water partition coefficient (Wildman–Crippen LogP) is 0.521. The van der Waals surface area contributed by atoms with E-state index >= 15 is 0 Å². The molecule has 3 N–H and O–H groups in total. The second-order valence-electron chi connectivity index (χ2n) is 3.62. The lowest BCUT2D eigenvalue weighted by Crippen LogP contribution is -2.18. The van der Waals surface area contributed by atoms with Crippen molar-refractivity contribution in [1.82, 2.24) is 10.2 Å². The number of anilines is 1. The van der Waals surface area contributed by atoms with E-state index in [1.165, 1.54) is 0 Å². The van der Waals surface area contributed by atoms with Crippen LogP contribution >= 0.6 is 0 Å². The van der Waals surface area contributed by atoms with Gasteiger partial charge in [0.15, 0.2) is 0 Å². The number of carbonyl (C=O) groups is 1.